The average Bonchev–Trinajstić information content (AvgIpc) is 3.15. The van der Waals surface area contributed by atoms with E-state index >= 15 is 0 Å². The number of rotatable bonds is 7. The van der Waals surface area contributed by atoms with Gasteiger partial charge in [-0.25, -0.2) is 8.42 Å². The summed E-state index contributed by atoms with van der Waals surface area (Å²) in [5.41, 5.74) is 1.61. The maximum absolute atomic E-state index is 13.0. The van der Waals surface area contributed by atoms with Crippen molar-refractivity contribution in [3.63, 3.8) is 0 Å². The number of hydrogen-bond donors (Lipinski definition) is 2. The van der Waals surface area contributed by atoms with Gasteiger partial charge in [-0.1, -0.05) is 40.0 Å². The first kappa shape index (κ1) is 22.7. The minimum atomic E-state index is -3.87. The summed E-state index contributed by atoms with van der Waals surface area (Å²) in [4.78, 5) is 26.7. The lowest BCUT2D eigenvalue weighted by Crippen LogP contribution is -2.52. The minimum absolute atomic E-state index is 0.0294. The first-order valence-corrected chi connectivity index (χ1v) is 12.5. The minimum Gasteiger partial charge on any atom is -0.352 e. The molecule has 8 heteroatoms. The van der Waals surface area contributed by atoms with Crippen molar-refractivity contribution in [2.75, 3.05) is 11.4 Å². The molecule has 0 aromatic heterocycles. The summed E-state index contributed by atoms with van der Waals surface area (Å²) in [6, 6.07) is 4.12. The molecule has 0 saturated heterocycles. The number of sulfonamides is 1. The third-order valence-electron chi connectivity index (χ3n) is 6.04. The number of carbonyl (C=O) groups excluding carboxylic acids is 2. The van der Waals surface area contributed by atoms with E-state index in [1.165, 1.54) is 12.5 Å². The molecule has 0 unspecified atom stereocenters. The van der Waals surface area contributed by atoms with Crippen molar-refractivity contribution in [2.45, 2.75) is 82.7 Å². The van der Waals surface area contributed by atoms with E-state index in [0.29, 0.717) is 19.4 Å². The number of anilines is 1. The van der Waals surface area contributed by atoms with E-state index in [0.717, 1.165) is 36.9 Å². The molecule has 1 heterocycles. The number of amides is 2. The van der Waals surface area contributed by atoms with E-state index in [1.807, 2.05) is 20.8 Å². The van der Waals surface area contributed by atoms with Gasteiger partial charge in [0.2, 0.25) is 21.8 Å². The molecule has 0 bridgehead atoms. The standard InChI is InChI=1S/C22H33N3O4S/c1-4-20(26)25-13-12-16-14-18(10-11-19(16)25)30(28,29)24-21(15(2)3)22(27)23-17-8-6-5-7-9-17/h10-11,14-15,17,21,24H,4-9,12-13H2,1-3H3,(H,23,27)/t21-/m0/s1. The first-order chi connectivity index (χ1) is 14.2. The molecule has 166 valence electrons. The lowest BCUT2D eigenvalue weighted by atomic mass is 9.94. The Morgan fingerprint density at radius 1 is 1.17 bits per heavy atom. The molecule has 1 aromatic carbocycles. The Balaban J connectivity index is 1.75. The zero-order valence-electron chi connectivity index (χ0n) is 18.1. The van der Waals surface area contributed by atoms with Crippen molar-refractivity contribution >= 4 is 27.5 Å². The Morgan fingerprint density at radius 3 is 2.50 bits per heavy atom. The summed E-state index contributed by atoms with van der Waals surface area (Å²) in [5, 5.41) is 3.03. The smallest absolute Gasteiger partial charge is 0.241 e. The molecule has 0 radical (unpaired) electrons. The largest absolute Gasteiger partial charge is 0.352 e. The lowest BCUT2D eigenvalue weighted by Gasteiger charge is -2.27. The lowest BCUT2D eigenvalue weighted by molar-refractivity contribution is -0.124. The van der Waals surface area contributed by atoms with Crippen molar-refractivity contribution in [3.05, 3.63) is 23.8 Å². The molecule has 2 N–H and O–H groups in total. The molecule has 3 rings (SSSR count). The fourth-order valence-corrected chi connectivity index (χ4v) is 5.65. The van der Waals surface area contributed by atoms with Crippen LogP contribution in [0.5, 0.6) is 0 Å². The highest BCUT2D eigenvalue weighted by atomic mass is 32.2. The van der Waals surface area contributed by atoms with Crippen LogP contribution in [-0.4, -0.2) is 38.9 Å². The fourth-order valence-electron chi connectivity index (χ4n) is 4.26. The van der Waals surface area contributed by atoms with Crippen LogP contribution in [-0.2, 0) is 26.0 Å². The highest BCUT2D eigenvalue weighted by molar-refractivity contribution is 7.89. The number of hydrogen-bond acceptors (Lipinski definition) is 4. The number of carbonyl (C=O) groups is 2. The van der Waals surface area contributed by atoms with Gasteiger partial charge in [0.05, 0.1) is 4.90 Å². The summed E-state index contributed by atoms with van der Waals surface area (Å²) >= 11 is 0. The van der Waals surface area contributed by atoms with E-state index in [2.05, 4.69) is 10.0 Å². The van der Waals surface area contributed by atoms with Crippen LogP contribution in [0.3, 0.4) is 0 Å². The van der Waals surface area contributed by atoms with Crippen LogP contribution in [0.1, 0.15) is 64.9 Å². The molecule has 2 aliphatic rings. The second-order valence-corrected chi connectivity index (χ2v) is 10.3. The maximum atomic E-state index is 13.0. The van der Waals surface area contributed by atoms with Gasteiger partial charge >= 0.3 is 0 Å². The SMILES string of the molecule is CCC(=O)N1CCc2cc(S(=O)(=O)N[C@H](C(=O)NC3CCCCC3)C(C)C)ccc21. The van der Waals surface area contributed by atoms with Gasteiger partial charge in [-0.05, 0) is 48.9 Å². The quantitative estimate of drug-likeness (QED) is 0.688. The third kappa shape index (κ3) is 5.03. The van der Waals surface area contributed by atoms with Crippen molar-refractivity contribution in [3.8, 4) is 0 Å². The van der Waals surface area contributed by atoms with Gasteiger partial charge < -0.3 is 10.2 Å². The average molecular weight is 436 g/mol. The van der Waals surface area contributed by atoms with Crippen LogP contribution in [0, 0.1) is 5.92 Å². The molecule has 0 spiro atoms. The van der Waals surface area contributed by atoms with Gasteiger partial charge in [-0.2, -0.15) is 4.72 Å². The third-order valence-corrected chi connectivity index (χ3v) is 7.48. The van der Waals surface area contributed by atoms with Crippen LogP contribution < -0.4 is 14.9 Å². The molecule has 1 aromatic rings. The summed E-state index contributed by atoms with van der Waals surface area (Å²) in [5.74, 6) is -0.418. The molecule has 1 atom stereocenters. The van der Waals surface area contributed by atoms with Crippen molar-refractivity contribution < 1.29 is 18.0 Å². The molecule has 2 amide bonds. The van der Waals surface area contributed by atoms with Gasteiger partial charge in [-0.15, -0.1) is 0 Å². The van der Waals surface area contributed by atoms with Crippen molar-refractivity contribution in [1.82, 2.24) is 10.0 Å². The molecule has 1 saturated carbocycles. The molecular weight excluding hydrogens is 402 g/mol. The van der Waals surface area contributed by atoms with E-state index in [9.17, 15) is 18.0 Å². The van der Waals surface area contributed by atoms with Crippen LogP contribution >= 0.6 is 0 Å². The second-order valence-electron chi connectivity index (χ2n) is 8.63. The monoisotopic (exact) mass is 435 g/mol. The Morgan fingerprint density at radius 2 is 1.87 bits per heavy atom. The number of nitrogens with zero attached hydrogens (tertiary/aromatic N) is 1. The summed E-state index contributed by atoms with van der Waals surface area (Å²) < 4.78 is 28.7. The molecule has 7 nitrogen and oxygen atoms in total. The Hall–Kier alpha value is -1.93. The van der Waals surface area contributed by atoms with Gasteiger partial charge in [0.25, 0.3) is 0 Å². The maximum Gasteiger partial charge on any atom is 0.241 e. The van der Waals surface area contributed by atoms with Gasteiger partial charge in [0.1, 0.15) is 6.04 Å². The predicted molar refractivity (Wildman–Crippen MR) is 117 cm³/mol. The number of fused-ring (bicyclic) bond motifs is 1. The van der Waals surface area contributed by atoms with E-state index < -0.39 is 16.1 Å². The topological polar surface area (TPSA) is 95.6 Å². The first-order valence-electron chi connectivity index (χ1n) is 11.0. The van der Waals surface area contributed by atoms with Crippen LogP contribution in [0.25, 0.3) is 0 Å². The number of benzene rings is 1. The molecule has 1 aliphatic heterocycles. The molecule has 1 fully saturated rings. The molecular formula is C22H33N3O4S. The molecule has 30 heavy (non-hydrogen) atoms. The van der Waals surface area contributed by atoms with Crippen LogP contribution in [0.2, 0.25) is 0 Å². The second kappa shape index (κ2) is 9.47. The molecule has 1 aliphatic carbocycles. The van der Waals surface area contributed by atoms with Crippen molar-refractivity contribution in [2.24, 2.45) is 5.92 Å². The van der Waals surface area contributed by atoms with Gasteiger partial charge in [0, 0.05) is 24.7 Å². The van der Waals surface area contributed by atoms with Gasteiger partial charge in [0.15, 0.2) is 0 Å². The van der Waals surface area contributed by atoms with E-state index in [-0.39, 0.29) is 28.7 Å². The van der Waals surface area contributed by atoms with Gasteiger partial charge in [-0.3, -0.25) is 9.59 Å². The summed E-state index contributed by atoms with van der Waals surface area (Å²) in [7, 11) is -3.87. The van der Waals surface area contributed by atoms with Crippen molar-refractivity contribution in [1.29, 1.82) is 0 Å². The Kier molecular flexibility index (Phi) is 7.18. The fraction of sp³-hybridized carbons (Fsp3) is 0.636. The Labute approximate surface area is 179 Å². The van der Waals surface area contributed by atoms with E-state index in [4.69, 9.17) is 0 Å². The highest BCUT2D eigenvalue weighted by Gasteiger charge is 2.31. The number of nitrogens with one attached hydrogen (secondary N) is 2. The van der Waals surface area contributed by atoms with E-state index in [1.54, 1.807) is 17.0 Å². The Bertz CT molecular complexity index is 892. The van der Waals surface area contributed by atoms with Crippen LogP contribution in [0.4, 0.5) is 5.69 Å². The zero-order valence-corrected chi connectivity index (χ0v) is 18.9. The summed E-state index contributed by atoms with van der Waals surface area (Å²) in [6.07, 6.45) is 6.30. The normalized spacial score (nSPS) is 18.3. The van der Waals surface area contributed by atoms with Crippen LogP contribution in [0.15, 0.2) is 23.1 Å². The predicted octanol–water partition coefficient (Wildman–Crippen LogP) is 2.74. The highest BCUT2D eigenvalue weighted by Crippen LogP contribution is 2.31. The summed E-state index contributed by atoms with van der Waals surface area (Å²) in [6.45, 7) is 6.06. The zero-order chi connectivity index (χ0) is 21.9.